The number of ether oxygens (including phenoxy) is 1. The van der Waals surface area contributed by atoms with E-state index in [0.29, 0.717) is 25.4 Å². The van der Waals surface area contributed by atoms with E-state index in [1.807, 2.05) is 6.07 Å². The number of morpholine rings is 1. The highest BCUT2D eigenvalue weighted by Gasteiger charge is 2.23. The van der Waals surface area contributed by atoms with Gasteiger partial charge in [0.25, 0.3) is 0 Å². The van der Waals surface area contributed by atoms with Crippen molar-refractivity contribution >= 4 is 5.97 Å². The Morgan fingerprint density at radius 1 is 1.68 bits per heavy atom. The van der Waals surface area contributed by atoms with Crippen LogP contribution in [0.2, 0.25) is 0 Å². The average molecular weight is 261 g/mol. The second-order valence-electron chi connectivity index (χ2n) is 4.45. The molecule has 100 valence electrons. The van der Waals surface area contributed by atoms with Gasteiger partial charge >= 0.3 is 5.97 Å². The van der Waals surface area contributed by atoms with Crippen LogP contribution in [0.5, 0.6) is 0 Å². The molecule has 1 aromatic rings. The van der Waals surface area contributed by atoms with Crippen molar-refractivity contribution in [2.75, 3.05) is 19.7 Å². The van der Waals surface area contributed by atoms with Gasteiger partial charge < -0.3 is 9.84 Å². The molecule has 2 heterocycles. The summed E-state index contributed by atoms with van der Waals surface area (Å²) in [4.78, 5) is 16.8. The molecule has 1 fully saturated rings. The van der Waals surface area contributed by atoms with Gasteiger partial charge in [0.05, 0.1) is 19.1 Å². The lowest BCUT2D eigenvalue weighted by Crippen LogP contribution is -2.42. The van der Waals surface area contributed by atoms with E-state index in [9.17, 15) is 4.79 Å². The molecule has 1 N–H and O–H groups in total. The number of pyridine rings is 1. The quantitative estimate of drug-likeness (QED) is 0.855. The van der Waals surface area contributed by atoms with Crippen LogP contribution in [0.25, 0.3) is 0 Å². The predicted octanol–water partition coefficient (Wildman–Crippen LogP) is 0.629. The summed E-state index contributed by atoms with van der Waals surface area (Å²) in [5, 5.41) is 17.8. The number of nitriles is 1. The molecule has 0 radical (unpaired) electrons. The van der Waals surface area contributed by atoms with Crippen molar-refractivity contribution in [1.29, 1.82) is 5.26 Å². The SMILES string of the molecule is N#Cc1ncccc1CN1CCOC(CC(=O)O)C1. The highest BCUT2D eigenvalue weighted by atomic mass is 16.5. The molecule has 0 bridgehead atoms. The first-order chi connectivity index (χ1) is 9.19. The normalized spacial score (nSPS) is 19.8. The standard InChI is InChI=1S/C13H15N3O3/c14-7-12-10(2-1-3-15-12)8-16-4-5-19-11(9-16)6-13(17)18/h1-3,11H,4-6,8-9H2,(H,17,18). The molecule has 6 nitrogen and oxygen atoms in total. The molecule has 0 aliphatic carbocycles. The van der Waals surface area contributed by atoms with Gasteiger partial charge in [-0.25, -0.2) is 4.98 Å². The Balaban J connectivity index is 1.99. The van der Waals surface area contributed by atoms with E-state index >= 15 is 0 Å². The van der Waals surface area contributed by atoms with Crippen molar-refractivity contribution in [2.45, 2.75) is 19.1 Å². The summed E-state index contributed by atoms with van der Waals surface area (Å²) in [6.07, 6.45) is 1.32. The first-order valence-corrected chi connectivity index (χ1v) is 6.09. The zero-order valence-electron chi connectivity index (χ0n) is 10.5. The van der Waals surface area contributed by atoms with Crippen LogP contribution >= 0.6 is 0 Å². The Kier molecular flexibility index (Phi) is 4.44. The number of hydrogen-bond donors (Lipinski definition) is 1. The Morgan fingerprint density at radius 2 is 2.53 bits per heavy atom. The monoisotopic (exact) mass is 261 g/mol. The lowest BCUT2D eigenvalue weighted by molar-refractivity contribution is -0.142. The van der Waals surface area contributed by atoms with Crippen LogP contribution in [0.3, 0.4) is 0 Å². The van der Waals surface area contributed by atoms with E-state index in [2.05, 4.69) is 16.0 Å². The molecule has 1 aliphatic heterocycles. The molecule has 0 saturated carbocycles. The molecule has 0 spiro atoms. The zero-order valence-corrected chi connectivity index (χ0v) is 10.5. The van der Waals surface area contributed by atoms with E-state index in [1.165, 1.54) is 0 Å². The molecule has 1 atom stereocenters. The number of aromatic nitrogens is 1. The molecule has 0 aromatic carbocycles. The molecule has 1 aliphatic rings. The Morgan fingerprint density at radius 3 is 3.26 bits per heavy atom. The molecule has 6 heteroatoms. The van der Waals surface area contributed by atoms with Crippen molar-refractivity contribution in [3.63, 3.8) is 0 Å². The molecule has 0 amide bonds. The summed E-state index contributed by atoms with van der Waals surface area (Å²) >= 11 is 0. The number of hydrogen-bond acceptors (Lipinski definition) is 5. The molecule has 1 unspecified atom stereocenters. The predicted molar refractivity (Wildman–Crippen MR) is 66.2 cm³/mol. The van der Waals surface area contributed by atoms with Gasteiger partial charge in [-0.2, -0.15) is 5.26 Å². The van der Waals surface area contributed by atoms with Crippen LogP contribution in [0.4, 0.5) is 0 Å². The average Bonchev–Trinajstić information content (AvgIpc) is 2.39. The third-order valence-electron chi connectivity index (χ3n) is 3.02. The molecular formula is C13H15N3O3. The summed E-state index contributed by atoms with van der Waals surface area (Å²) in [5.41, 5.74) is 1.28. The number of carboxylic acid groups (broad SMARTS) is 1. The lowest BCUT2D eigenvalue weighted by Gasteiger charge is -2.32. The molecular weight excluding hydrogens is 246 g/mol. The largest absolute Gasteiger partial charge is 0.481 e. The highest BCUT2D eigenvalue weighted by molar-refractivity contribution is 5.67. The Hall–Kier alpha value is -1.97. The fourth-order valence-electron chi connectivity index (χ4n) is 2.15. The van der Waals surface area contributed by atoms with E-state index in [1.54, 1.807) is 12.3 Å². The molecule has 1 aromatic heterocycles. The number of carboxylic acids is 1. The fraction of sp³-hybridized carbons (Fsp3) is 0.462. The molecule has 2 rings (SSSR count). The first-order valence-electron chi connectivity index (χ1n) is 6.09. The lowest BCUT2D eigenvalue weighted by atomic mass is 10.1. The Bertz CT molecular complexity index is 498. The van der Waals surface area contributed by atoms with Crippen LogP contribution in [0.15, 0.2) is 18.3 Å². The maximum absolute atomic E-state index is 10.7. The van der Waals surface area contributed by atoms with Gasteiger partial charge in [0.2, 0.25) is 0 Å². The zero-order chi connectivity index (χ0) is 13.7. The summed E-state index contributed by atoms with van der Waals surface area (Å²) < 4.78 is 5.41. The van der Waals surface area contributed by atoms with Gasteiger partial charge in [-0.1, -0.05) is 6.07 Å². The summed E-state index contributed by atoms with van der Waals surface area (Å²) in [7, 11) is 0. The van der Waals surface area contributed by atoms with Gasteiger partial charge in [0.1, 0.15) is 11.8 Å². The van der Waals surface area contributed by atoms with E-state index in [4.69, 9.17) is 15.1 Å². The number of nitrogens with zero attached hydrogens (tertiary/aromatic N) is 3. The third-order valence-corrected chi connectivity index (χ3v) is 3.02. The number of rotatable bonds is 4. The topological polar surface area (TPSA) is 86.5 Å². The van der Waals surface area contributed by atoms with Crippen molar-refractivity contribution in [1.82, 2.24) is 9.88 Å². The Labute approximate surface area is 111 Å². The van der Waals surface area contributed by atoms with Crippen molar-refractivity contribution < 1.29 is 14.6 Å². The van der Waals surface area contributed by atoms with Gasteiger partial charge in [-0.15, -0.1) is 0 Å². The van der Waals surface area contributed by atoms with Crippen LogP contribution < -0.4 is 0 Å². The highest BCUT2D eigenvalue weighted by Crippen LogP contribution is 2.14. The van der Waals surface area contributed by atoms with Gasteiger partial charge in [-0.05, 0) is 6.07 Å². The maximum atomic E-state index is 10.7. The van der Waals surface area contributed by atoms with E-state index in [-0.39, 0.29) is 12.5 Å². The first kappa shape index (κ1) is 13.5. The second kappa shape index (κ2) is 6.27. The van der Waals surface area contributed by atoms with Crippen LogP contribution in [-0.4, -0.2) is 46.8 Å². The number of carbonyl (C=O) groups is 1. The van der Waals surface area contributed by atoms with Crippen molar-refractivity contribution in [2.24, 2.45) is 0 Å². The van der Waals surface area contributed by atoms with E-state index in [0.717, 1.165) is 12.1 Å². The third kappa shape index (κ3) is 3.74. The summed E-state index contributed by atoms with van der Waals surface area (Å²) in [6.45, 7) is 2.40. The van der Waals surface area contributed by atoms with Crippen LogP contribution in [0, 0.1) is 11.3 Å². The molecule has 19 heavy (non-hydrogen) atoms. The fourth-order valence-corrected chi connectivity index (χ4v) is 2.15. The summed E-state index contributed by atoms with van der Waals surface area (Å²) in [6, 6.07) is 5.73. The smallest absolute Gasteiger partial charge is 0.306 e. The molecule has 1 saturated heterocycles. The van der Waals surface area contributed by atoms with Crippen molar-refractivity contribution in [3.05, 3.63) is 29.6 Å². The van der Waals surface area contributed by atoms with Gasteiger partial charge in [0.15, 0.2) is 0 Å². The van der Waals surface area contributed by atoms with Crippen LogP contribution in [0.1, 0.15) is 17.7 Å². The second-order valence-corrected chi connectivity index (χ2v) is 4.45. The van der Waals surface area contributed by atoms with Gasteiger partial charge in [0, 0.05) is 31.4 Å². The van der Waals surface area contributed by atoms with Crippen molar-refractivity contribution in [3.8, 4) is 6.07 Å². The minimum atomic E-state index is -0.856. The van der Waals surface area contributed by atoms with Crippen LogP contribution in [-0.2, 0) is 16.1 Å². The summed E-state index contributed by atoms with van der Waals surface area (Å²) in [5.74, 6) is -0.856. The van der Waals surface area contributed by atoms with E-state index < -0.39 is 5.97 Å². The van der Waals surface area contributed by atoms with Gasteiger partial charge in [-0.3, -0.25) is 9.69 Å². The number of aliphatic carboxylic acids is 1. The maximum Gasteiger partial charge on any atom is 0.306 e. The minimum Gasteiger partial charge on any atom is -0.481 e. The minimum absolute atomic E-state index is 0.00858.